The third kappa shape index (κ3) is 0.763. The fourth-order valence-corrected chi connectivity index (χ4v) is 1.85. The van der Waals surface area contributed by atoms with Gasteiger partial charge in [-0.05, 0) is 18.2 Å². The Bertz CT molecular complexity index is 619. The van der Waals surface area contributed by atoms with Gasteiger partial charge >= 0.3 is 0 Å². The topological polar surface area (TPSA) is 38.3 Å². The van der Waals surface area contributed by atoms with E-state index in [-0.39, 0.29) is 5.88 Å². The molecule has 0 aliphatic rings. The fraction of sp³-hybridized carbons (Fsp3) is 0.0909. The van der Waals surface area contributed by atoms with Crippen molar-refractivity contribution in [1.82, 2.24) is 4.57 Å². The van der Waals surface area contributed by atoms with Crippen molar-refractivity contribution >= 4 is 21.9 Å². The van der Waals surface area contributed by atoms with Crippen molar-refractivity contribution in [3.63, 3.8) is 0 Å². The number of furan rings is 1. The van der Waals surface area contributed by atoms with Gasteiger partial charge in [-0.2, -0.15) is 0 Å². The molecule has 0 saturated heterocycles. The summed E-state index contributed by atoms with van der Waals surface area (Å²) in [6.07, 6.45) is 1.66. The van der Waals surface area contributed by atoms with Gasteiger partial charge in [0.05, 0.1) is 11.8 Å². The summed E-state index contributed by atoms with van der Waals surface area (Å²) in [5, 5.41) is 11.6. The first-order chi connectivity index (χ1) is 6.77. The Morgan fingerprint density at radius 1 is 1.21 bits per heavy atom. The van der Waals surface area contributed by atoms with Crippen LogP contribution >= 0.6 is 0 Å². The molecule has 0 aliphatic carbocycles. The zero-order chi connectivity index (χ0) is 9.71. The van der Waals surface area contributed by atoms with Crippen molar-refractivity contribution in [2.75, 3.05) is 0 Å². The highest BCUT2D eigenvalue weighted by atomic mass is 16.3. The van der Waals surface area contributed by atoms with E-state index < -0.39 is 0 Å². The van der Waals surface area contributed by atoms with Gasteiger partial charge in [0.2, 0.25) is 0 Å². The molecule has 0 atom stereocenters. The average Bonchev–Trinajstić information content (AvgIpc) is 2.73. The summed E-state index contributed by atoms with van der Waals surface area (Å²) in [6.45, 7) is 0. The number of rotatable bonds is 0. The van der Waals surface area contributed by atoms with Gasteiger partial charge in [0.1, 0.15) is 5.58 Å². The molecule has 0 bridgehead atoms. The Labute approximate surface area is 80.2 Å². The van der Waals surface area contributed by atoms with Crippen LogP contribution in [0.1, 0.15) is 0 Å². The van der Waals surface area contributed by atoms with Crippen LogP contribution in [0.25, 0.3) is 21.9 Å². The molecule has 2 aromatic heterocycles. The van der Waals surface area contributed by atoms with Gasteiger partial charge in [-0.15, -0.1) is 0 Å². The van der Waals surface area contributed by atoms with Gasteiger partial charge in [-0.25, -0.2) is 0 Å². The van der Waals surface area contributed by atoms with Crippen molar-refractivity contribution < 1.29 is 9.52 Å². The highest BCUT2D eigenvalue weighted by Gasteiger charge is 2.08. The second-order valence-electron chi connectivity index (χ2n) is 3.39. The van der Waals surface area contributed by atoms with E-state index in [1.54, 1.807) is 16.9 Å². The van der Waals surface area contributed by atoms with Gasteiger partial charge in [-0.1, -0.05) is 0 Å². The number of hydrogen-bond donors (Lipinski definition) is 1. The van der Waals surface area contributed by atoms with E-state index in [1.807, 2.05) is 25.2 Å². The summed E-state index contributed by atoms with van der Waals surface area (Å²) in [5.41, 5.74) is 1.86. The molecule has 0 radical (unpaired) electrons. The van der Waals surface area contributed by atoms with E-state index in [9.17, 15) is 5.11 Å². The van der Waals surface area contributed by atoms with Crippen LogP contribution in [0.3, 0.4) is 0 Å². The van der Waals surface area contributed by atoms with Gasteiger partial charge in [-0.3, -0.25) is 0 Å². The summed E-state index contributed by atoms with van der Waals surface area (Å²) >= 11 is 0. The second kappa shape index (κ2) is 2.32. The monoisotopic (exact) mass is 187 g/mol. The lowest BCUT2D eigenvalue weighted by atomic mass is 10.2. The third-order valence-corrected chi connectivity index (χ3v) is 2.63. The van der Waals surface area contributed by atoms with Crippen LogP contribution in [0, 0.1) is 0 Å². The van der Waals surface area contributed by atoms with Crippen LogP contribution in [0.2, 0.25) is 0 Å². The minimum absolute atomic E-state index is 0.272. The molecule has 3 nitrogen and oxygen atoms in total. The standard InChI is InChI=1S/C11H9NO2/c1-12-9-2-3-10-7(4-5-14-10)8(9)6-11(12)13/h2-6,13H,1H3. The molecule has 1 N–H and O–H groups in total. The van der Waals surface area contributed by atoms with E-state index in [1.165, 1.54) is 0 Å². The molecule has 0 saturated carbocycles. The molecule has 0 spiro atoms. The zero-order valence-electron chi connectivity index (χ0n) is 7.69. The van der Waals surface area contributed by atoms with Crippen molar-refractivity contribution in [2.45, 2.75) is 0 Å². The predicted molar refractivity (Wildman–Crippen MR) is 54.4 cm³/mol. The van der Waals surface area contributed by atoms with E-state index in [0.717, 1.165) is 21.9 Å². The third-order valence-electron chi connectivity index (χ3n) is 2.63. The van der Waals surface area contributed by atoms with Gasteiger partial charge < -0.3 is 14.1 Å². The van der Waals surface area contributed by atoms with E-state index in [4.69, 9.17) is 4.42 Å². The number of benzene rings is 1. The van der Waals surface area contributed by atoms with Crippen molar-refractivity contribution in [3.8, 4) is 5.88 Å². The number of aromatic nitrogens is 1. The molecule has 0 fully saturated rings. The molecule has 0 amide bonds. The Morgan fingerprint density at radius 2 is 2.07 bits per heavy atom. The van der Waals surface area contributed by atoms with Crippen LogP contribution in [-0.2, 0) is 7.05 Å². The summed E-state index contributed by atoms with van der Waals surface area (Å²) in [7, 11) is 1.84. The molecule has 70 valence electrons. The van der Waals surface area contributed by atoms with E-state index >= 15 is 0 Å². The highest BCUT2D eigenvalue weighted by molar-refractivity contribution is 6.05. The maximum Gasteiger partial charge on any atom is 0.191 e. The molecule has 0 unspecified atom stereocenters. The summed E-state index contributed by atoms with van der Waals surface area (Å²) in [4.78, 5) is 0. The van der Waals surface area contributed by atoms with Crippen molar-refractivity contribution in [1.29, 1.82) is 0 Å². The summed E-state index contributed by atoms with van der Waals surface area (Å²) < 4.78 is 7.04. The van der Waals surface area contributed by atoms with Crippen LogP contribution in [-0.4, -0.2) is 9.67 Å². The molecule has 3 heteroatoms. The normalized spacial score (nSPS) is 11.5. The minimum Gasteiger partial charge on any atom is -0.494 e. The first kappa shape index (κ1) is 7.50. The number of fused-ring (bicyclic) bond motifs is 3. The Morgan fingerprint density at radius 3 is 2.93 bits per heavy atom. The van der Waals surface area contributed by atoms with Gasteiger partial charge in [0.25, 0.3) is 0 Å². The molecule has 14 heavy (non-hydrogen) atoms. The van der Waals surface area contributed by atoms with Crippen LogP contribution in [0.4, 0.5) is 0 Å². The van der Waals surface area contributed by atoms with Gasteiger partial charge in [0.15, 0.2) is 5.88 Å². The SMILES string of the molecule is Cn1c(O)cc2c3ccoc3ccc21. The number of hydrogen-bond acceptors (Lipinski definition) is 2. The van der Waals surface area contributed by atoms with Crippen molar-refractivity contribution in [3.05, 3.63) is 30.5 Å². The Kier molecular flexibility index (Phi) is 1.24. The highest BCUT2D eigenvalue weighted by Crippen LogP contribution is 2.30. The molecule has 3 aromatic rings. The lowest BCUT2D eigenvalue weighted by Crippen LogP contribution is -1.84. The summed E-state index contributed by atoms with van der Waals surface area (Å²) in [5.74, 6) is 0.272. The lowest BCUT2D eigenvalue weighted by Gasteiger charge is -1.96. The number of aryl methyl sites for hydroxylation is 1. The Hall–Kier alpha value is -1.90. The van der Waals surface area contributed by atoms with E-state index in [2.05, 4.69) is 0 Å². The Balaban J connectivity index is 2.63. The minimum atomic E-state index is 0.272. The molecular weight excluding hydrogens is 178 g/mol. The first-order valence-corrected chi connectivity index (χ1v) is 4.42. The van der Waals surface area contributed by atoms with Crippen LogP contribution < -0.4 is 0 Å². The van der Waals surface area contributed by atoms with Gasteiger partial charge in [0, 0.05) is 23.9 Å². The maximum absolute atomic E-state index is 9.57. The van der Waals surface area contributed by atoms with Crippen LogP contribution in [0.5, 0.6) is 5.88 Å². The smallest absolute Gasteiger partial charge is 0.191 e. The molecule has 3 rings (SSSR count). The number of aromatic hydroxyl groups is 1. The zero-order valence-corrected chi connectivity index (χ0v) is 7.69. The van der Waals surface area contributed by atoms with Crippen molar-refractivity contribution in [2.24, 2.45) is 7.05 Å². The first-order valence-electron chi connectivity index (χ1n) is 4.42. The fourth-order valence-electron chi connectivity index (χ4n) is 1.85. The quantitative estimate of drug-likeness (QED) is 0.587. The molecule has 2 heterocycles. The van der Waals surface area contributed by atoms with Crippen LogP contribution in [0.15, 0.2) is 34.9 Å². The molecule has 0 aliphatic heterocycles. The second-order valence-corrected chi connectivity index (χ2v) is 3.39. The predicted octanol–water partition coefficient (Wildman–Crippen LogP) is 2.63. The largest absolute Gasteiger partial charge is 0.494 e. The molecular formula is C11H9NO2. The van der Waals surface area contributed by atoms with E-state index in [0.29, 0.717) is 0 Å². The number of nitrogens with zero attached hydrogens (tertiary/aromatic N) is 1. The average molecular weight is 187 g/mol. The lowest BCUT2D eigenvalue weighted by molar-refractivity contribution is 0.435. The summed E-state index contributed by atoms with van der Waals surface area (Å²) in [6, 6.07) is 7.53. The maximum atomic E-state index is 9.57. The molecule has 1 aromatic carbocycles.